The largest absolute Gasteiger partial charge is 0.484 e. The summed E-state index contributed by atoms with van der Waals surface area (Å²) in [6.07, 6.45) is 0. The molecule has 0 aliphatic carbocycles. The Morgan fingerprint density at radius 3 is 2.45 bits per heavy atom. The molecular weight excluding hydrogens is 388 g/mol. The Bertz CT molecular complexity index is 867. The molecule has 0 unspecified atom stereocenters. The molecule has 0 heterocycles. The minimum Gasteiger partial charge on any atom is -0.484 e. The van der Waals surface area contributed by atoms with Gasteiger partial charge in [0.25, 0.3) is 5.91 Å². The van der Waals surface area contributed by atoms with Crippen LogP contribution in [-0.4, -0.2) is 35.4 Å². The van der Waals surface area contributed by atoms with Crippen LogP contribution in [0, 0.1) is 13.8 Å². The summed E-state index contributed by atoms with van der Waals surface area (Å²) in [4.78, 5) is 27.1. The zero-order valence-electron chi connectivity index (χ0n) is 17.7. The monoisotopic (exact) mass is 416 g/mol. The van der Waals surface area contributed by atoms with Crippen molar-refractivity contribution in [1.29, 1.82) is 0 Å². The zero-order chi connectivity index (χ0) is 21.6. The van der Waals surface area contributed by atoms with Gasteiger partial charge in [-0.2, -0.15) is 0 Å². The first-order chi connectivity index (χ1) is 13.7. The zero-order valence-corrected chi connectivity index (χ0v) is 18.4. The summed E-state index contributed by atoms with van der Waals surface area (Å²) in [6.45, 7) is 9.56. The van der Waals surface area contributed by atoms with Crippen molar-refractivity contribution in [2.75, 3.05) is 6.61 Å². The molecule has 156 valence electrons. The molecule has 29 heavy (non-hydrogen) atoms. The van der Waals surface area contributed by atoms with Crippen molar-refractivity contribution in [2.45, 2.75) is 53.2 Å². The topological polar surface area (TPSA) is 58.6 Å². The summed E-state index contributed by atoms with van der Waals surface area (Å²) in [6, 6.07) is 12.5. The number of hydrogen-bond acceptors (Lipinski definition) is 3. The molecule has 2 rings (SSSR count). The molecule has 0 radical (unpaired) electrons. The second-order valence-corrected chi connectivity index (χ2v) is 7.96. The molecule has 0 saturated carbocycles. The summed E-state index contributed by atoms with van der Waals surface area (Å²) in [5.74, 6) is 0.115. The summed E-state index contributed by atoms with van der Waals surface area (Å²) in [5, 5.41) is 3.52. The van der Waals surface area contributed by atoms with E-state index in [4.69, 9.17) is 16.3 Å². The maximum Gasteiger partial charge on any atom is 0.261 e. The predicted octanol–water partition coefficient (Wildman–Crippen LogP) is 4.28. The molecule has 0 aliphatic heterocycles. The van der Waals surface area contributed by atoms with E-state index in [1.54, 1.807) is 30.0 Å². The number of rotatable bonds is 8. The summed E-state index contributed by atoms with van der Waals surface area (Å²) in [7, 11) is 0. The van der Waals surface area contributed by atoms with Gasteiger partial charge >= 0.3 is 0 Å². The van der Waals surface area contributed by atoms with E-state index in [-0.39, 0.29) is 24.5 Å². The first-order valence-electron chi connectivity index (χ1n) is 9.71. The maximum atomic E-state index is 13.0. The fourth-order valence-corrected chi connectivity index (χ4v) is 3.05. The van der Waals surface area contributed by atoms with Crippen LogP contribution in [0.15, 0.2) is 42.5 Å². The lowest BCUT2D eigenvalue weighted by molar-refractivity contribution is -0.142. The van der Waals surface area contributed by atoms with Crippen molar-refractivity contribution >= 4 is 23.4 Å². The molecule has 0 aromatic heterocycles. The Hall–Kier alpha value is -2.53. The van der Waals surface area contributed by atoms with Crippen LogP contribution in [0.3, 0.4) is 0 Å². The van der Waals surface area contributed by atoms with Gasteiger partial charge in [-0.3, -0.25) is 9.59 Å². The number of amides is 2. The summed E-state index contributed by atoms with van der Waals surface area (Å²) < 4.78 is 5.68. The highest BCUT2D eigenvalue weighted by Crippen LogP contribution is 2.21. The summed E-state index contributed by atoms with van der Waals surface area (Å²) >= 11 is 6.04. The molecule has 5 nitrogen and oxygen atoms in total. The van der Waals surface area contributed by atoms with Crippen molar-refractivity contribution in [3.8, 4) is 5.75 Å². The highest BCUT2D eigenvalue weighted by atomic mass is 35.5. The van der Waals surface area contributed by atoms with Gasteiger partial charge in [0.15, 0.2) is 6.61 Å². The molecule has 0 saturated heterocycles. The molecule has 0 spiro atoms. The van der Waals surface area contributed by atoms with Crippen LogP contribution in [0.4, 0.5) is 0 Å². The Labute approximate surface area is 178 Å². The van der Waals surface area contributed by atoms with Crippen molar-refractivity contribution in [1.82, 2.24) is 10.2 Å². The van der Waals surface area contributed by atoms with Gasteiger partial charge in [0.05, 0.1) is 0 Å². The van der Waals surface area contributed by atoms with E-state index in [0.29, 0.717) is 17.3 Å². The second-order valence-electron chi connectivity index (χ2n) is 7.55. The van der Waals surface area contributed by atoms with Crippen LogP contribution in [0.5, 0.6) is 5.75 Å². The average molecular weight is 417 g/mol. The molecule has 0 bridgehead atoms. The van der Waals surface area contributed by atoms with Crippen molar-refractivity contribution < 1.29 is 14.3 Å². The number of carbonyl (C=O) groups is 2. The van der Waals surface area contributed by atoms with Gasteiger partial charge in [-0.05, 0) is 63.9 Å². The molecule has 0 aliphatic rings. The lowest BCUT2D eigenvalue weighted by Crippen LogP contribution is -2.50. The first-order valence-corrected chi connectivity index (χ1v) is 10.1. The number of carbonyl (C=O) groups excluding carboxylic acids is 2. The molecule has 6 heteroatoms. The predicted molar refractivity (Wildman–Crippen MR) is 116 cm³/mol. The fraction of sp³-hybridized carbons (Fsp3) is 0.391. The SMILES string of the molecule is Cc1cccc(CN(C(=O)COc2ccc(Cl)c(C)c2)[C@@H](C)C(=O)NC(C)C)c1. The Morgan fingerprint density at radius 2 is 1.83 bits per heavy atom. The summed E-state index contributed by atoms with van der Waals surface area (Å²) in [5.41, 5.74) is 2.94. The van der Waals surface area contributed by atoms with Crippen LogP contribution in [0.25, 0.3) is 0 Å². The smallest absolute Gasteiger partial charge is 0.261 e. The van der Waals surface area contributed by atoms with E-state index in [9.17, 15) is 9.59 Å². The number of halogens is 1. The second kappa shape index (κ2) is 10.3. The molecule has 2 amide bonds. The lowest BCUT2D eigenvalue weighted by atomic mass is 10.1. The molecule has 1 atom stereocenters. The molecule has 2 aromatic rings. The third-order valence-electron chi connectivity index (χ3n) is 4.53. The fourth-order valence-electron chi connectivity index (χ4n) is 2.93. The minimum atomic E-state index is -0.624. The quantitative estimate of drug-likeness (QED) is 0.698. The molecule has 0 fully saturated rings. The number of nitrogens with one attached hydrogen (secondary N) is 1. The van der Waals surface area contributed by atoms with E-state index < -0.39 is 6.04 Å². The Balaban J connectivity index is 2.16. The maximum absolute atomic E-state index is 13.0. The van der Waals surface area contributed by atoms with E-state index >= 15 is 0 Å². The first kappa shape index (κ1) is 22.8. The normalized spacial score (nSPS) is 11.8. The van der Waals surface area contributed by atoms with Gasteiger partial charge in [-0.25, -0.2) is 0 Å². The van der Waals surface area contributed by atoms with Crippen molar-refractivity contribution in [3.05, 3.63) is 64.2 Å². The van der Waals surface area contributed by atoms with E-state index in [1.165, 1.54) is 0 Å². The third kappa shape index (κ3) is 6.79. The van der Waals surface area contributed by atoms with Crippen LogP contribution in [0.1, 0.15) is 37.5 Å². The van der Waals surface area contributed by atoms with E-state index in [1.807, 2.05) is 52.0 Å². The average Bonchev–Trinajstić information content (AvgIpc) is 2.65. The molecular formula is C23H29ClN2O3. The van der Waals surface area contributed by atoms with Crippen LogP contribution in [-0.2, 0) is 16.1 Å². The molecule has 1 N–H and O–H groups in total. The van der Waals surface area contributed by atoms with Gasteiger partial charge in [-0.1, -0.05) is 41.4 Å². The highest BCUT2D eigenvalue weighted by Gasteiger charge is 2.27. The van der Waals surface area contributed by atoms with E-state index in [2.05, 4.69) is 5.32 Å². The van der Waals surface area contributed by atoms with Gasteiger partial charge in [-0.15, -0.1) is 0 Å². The van der Waals surface area contributed by atoms with Gasteiger partial charge < -0.3 is 15.0 Å². The van der Waals surface area contributed by atoms with Crippen LogP contribution < -0.4 is 10.1 Å². The Morgan fingerprint density at radius 1 is 1.10 bits per heavy atom. The number of ether oxygens (including phenoxy) is 1. The number of hydrogen-bond donors (Lipinski definition) is 1. The highest BCUT2D eigenvalue weighted by molar-refractivity contribution is 6.31. The van der Waals surface area contributed by atoms with Crippen LogP contribution in [0.2, 0.25) is 5.02 Å². The van der Waals surface area contributed by atoms with Crippen LogP contribution >= 0.6 is 11.6 Å². The lowest BCUT2D eigenvalue weighted by Gasteiger charge is -2.29. The van der Waals surface area contributed by atoms with Gasteiger partial charge in [0.2, 0.25) is 5.91 Å². The number of benzene rings is 2. The molecule has 2 aromatic carbocycles. The van der Waals surface area contributed by atoms with Gasteiger partial charge in [0, 0.05) is 17.6 Å². The number of aryl methyl sites for hydroxylation is 2. The number of nitrogens with zero attached hydrogens (tertiary/aromatic N) is 1. The standard InChI is InChI=1S/C23H29ClN2O3/c1-15(2)25-23(28)18(5)26(13-19-8-6-7-16(3)11-19)22(27)14-29-20-9-10-21(24)17(4)12-20/h6-12,15,18H,13-14H2,1-5H3,(H,25,28)/t18-/m0/s1. The Kier molecular flexibility index (Phi) is 8.09. The van der Waals surface area contributed by atoms with Crippen molar-refractivity contribution in [2.24, 2.45) is 0 Å². The minimum absolute atomic E-state index is 0.00540. The third-order valence-corrected chi connectivity index (χ3v) is 4.95. The van der Waals surface area contributed by atoms with Gasteiger partial charge in [0.1, 0.15) is 11.8 Å². The van der Waals surface area contributed by atoms with E-state index in [0.717, 1.165) is 16.7 Å². The van der Waals surface area contributed by atoms with Crippen molar-refractivity contribution in [3.63, 3.8) is 0 Å².